The van der Waals surface area contributed by atoms with E-state index in [1.807, 2.05) is 30.3 Å². The number of rotatable bonds is 18. The second-order valence-electron chi connectivity index (χ2n) is 9.96. The van der Waals surface area contributed by atoms with E-state index >= 15 is 0 Å². The number of nitrogens with two attached hydrogens (primary N) is 4. The van der Waals surface area contributed by atoms with Crippen molar-refractivity contribution in [1.82, 2.24) is 16.0 Å². The van der Waals surface area contributed by atoms with Crippen LogP contribution in [0.1, 0.15) is 36.8 Å². The van der Waals surface area contributed by atoms with Gasteiger partial charge in [-0.15, -0.1) is 0 Å². The first-order chi connectivity index (χ1) is 20.5. The van der Waals surface area contributed by atoms with Crippen LogP contribution in [0.5, 0.6) is 0 Å². The Morgan fingerprint density at radius 2 is 1.19 bits per heavy atom. The lowest BCUT2D eigenvalue weighted by Crippen LogP contribution is -2.57. The lowest BCUT2D eigenvalue weighted by atomic mass is 10.0. The highest BCUT2D eigenvalue weighted by molar-refractivity contribution is 5.94. The number of guanidine groups is 1. The molecule has 12 N–H and O–H groups in total. The van der Waals surface area contributed by atoms with Crippen molar-refractivity contribution in [3.8, 4) is 0 Å². The molecule has 0 radical (unpaired) electrons. The molecule has 4 amide bonds. The highest BCUT2D eigenvalue weighted by Gasteiger charge is 2.30. The van der Waals surface area contributed by atoms with E-state index in [1.165, 1.54) is 0 Å². The minimum atomic E-state index is -1.33. The van der Waals surface area contributed by atoms with E-state index in [-0.39, 0.29) is 44.6 Å². The fourth-order valence-electron chi connectivity index (χ4n) is 4.16. The summed E-state index contributed by atoms with van der Waals surface area (Å²) in [6.07, 6.45) is 0.117. The van der Waals surface area contributed by atoms with Gasteiger partial charge in [-0.2, -0.15) is 0 Å². The van der Waals surface area contributed by atoms with E-state index < -0.39 is 53.8 Å². The normalized spacial score (nSPS) is 13.4. The maximum Gasteiger partial charge on any atom is 0.326 e. The molecule has 2 aromatic carbocycles. The van der Waals surface area contributed by atoms with Gasteiger partial charge in [0.25, 0.3) is 0 Å². The van der Waals surface area contributed by atoms with Gasteiger partial charge >= 0.3 is 5.97 Å². The summed E-state index contributed by atoms with van der Waals surface area (Å²) in [6, 6.07) is 13.0. The second kappa shape index (κ2) is 17.7. The molecule has 0 aliphatic heterocycles. The van der Waals surface area contributed by atoms with Crippen LogP contribution in [0, 0.1) is 0 Å². The summed E-state index contributed by atoms with van der Waals surface area (Å²) < 4.78 is 0. The van der Waals surface area contributed by atoms with Crippen LogP contribution in [-0.2, 0) is 36.8 Å². The first-order valence-electron chi connectivity index (χ1n) is 13.8. The van der Waals surface area contributed by atoms with Crippen molar-refractivity contribution in [3.05, 3.63) is 71.8 Å². The Balaban J connectivity index is 2.18. The smallest absolute Gasteiger partial charge is 0.326 e. The standard InChI is InChI=1S/C29H40N8O6/c30-20(16-18-8-3-1-4-9-18)25(39)35-21(12-7-15-34-29(32)33)26(40)36-22(13-14-24(31)38)27(41)37-23(28(42)43)17-19-10-5-2-6-11-19/h1-6,8-11,20-23H,7,12-17,30H2,(H2,31,38)(H,35,39)(H,36,40)(H,37,41)(H,42,43)(H4,32,33,34). The summed E-state index contributed by atoms with van der Waals surface area (Å²) >= 11 is 0. The van der Waals surface area contributed by atoms with Crippen molar-refractivity contribution < 1.29 is 29.1 Å². The van der Waals surface area contributed by atoms with Gasteiger partial charge in [0.2, 0.25) is 23.6 Å². The van der Waals surface area contributed by atoms with Crippen LogP contribution in [0.3, 0.4) is 0 Å². The molecular formula is C29H40N8O6. The molecule has 0 aromatic heterocycles. The third kappa shape index (κ3) is 13.0. The molecule has 232 valence electrons. The molecule has 0 saturated heterocycles. The van der Waals surface area contributed by atoms with Crippen molar-refractivity contribution >= 4 is 35.6 Å². The first-order valence-corrected chi connectivity index (χ1v) is 13.8. The topological polar surface area (TPSA) is 258 Å². The largest absolute Gasteiger partial charge is 0.480 e. The molecule has 0 aliphatic carbocycles. The van der Waals surface area contributed by atoms with Crippen LogP contribution in [0.15, 0.2) is 65.7 Å². The number of primary amides is 1. The van der Waals surface area contributed by atoms with Crippen molar-refractivity contribution in [1.29, 1.82) is 0 Å². The Bertz CT molecular complexity index is 1250. The van der Waals surface area contributed by atoms with Crippen LogP contribution < -0.4 is 38.9 Å². The van der Waals surface area contributed by atoms with Crippen molar-refractivity contribution in [2.24, 2.45) is 27.9 Å². The Labute approximate surface area is 249 Å². The predicted molar refractivity (Wildman–Crippen MR) is 160 cm³/mol. The quantitative estimate of drug-likeness (QED) is 0.0574. The maximum atomic E-state index is 13.4. The van der Waals surface area contributed by atoms with Gasteiger partial charge in [-0.05, 0) is 36.8 Å². The van der Waals surface area contributed by atoms with Crippen LogP contribution in [0.4, 0.5) is 0 Å². The number of carbonyl (C=O) groups is 5. The van der Waals surface area contributed by atoms with Gasteiger partial charge in [-0.3, -0.25) is 24.2 Å². The fraction of sp³-hybridized carbons (Fsp3) is 0.379. The maximum absolute atomic E-state index is 13.4. The molecule has 0 bridgehead atoms. The molecule has 2 rings (SSSR count). The molecular weight excluding hydrogens is 556 g/mol. The van der Waals surface area contributed by atoms with Crippen molar-refractivity contribution in [2.75, 3.05) is 6.54 Å². The summed E-state index contributed by atoms with van der Waals surface area (Å²) in [7, 11) is 0. The zero-order chi connectivity index (χ0) is 31.8. The van der Waals surface area contributed by atoms with E-state index in [2.05, 4.69) is 20.9 Å². The van der Waals surface area contributed by atoms with Crippen molar-refractivity contribution in [2.45, 2.75) is 62.7 Å². The number of nitrogens with one attached hydrogen (secondary N) is 3. The Hall–Kier alpha value is -4.98. The summed E-state index contributed by atoms with van der Waals surface area (Å²) in [5.74, 6) is -4.32. The van der Waals surface area contributed by atoms with Gasteiger partial charge in [0.15, 0.2) is 5.96 Å². The number of amides is 4. The minimum Gasteiger partial charge on any atom is -0.480 e. The van der Waals surface area contributed by atoms with Crippen molar-refractivity contribution in [3.63, 3.8) is 0 Å². The number of aliphatic imine (C=N–C) groups is 1. The van der Waals surface area contributed by atoms with Gasteiger partial charge in [0, 0.05) is 19.4 Å². The highest BCUT2D eigenvalue weighted by atomic mass is 16.4. The zero-order valence-electron chi connectivity index (χ0n) is 23.8. The SMILES string of the molecule is NC(=O)CCC(NC(=O)C(CCCN=C(N)N)NC(=O)C(N)Cc1ccccc1)C(=O)NC(Cc1ccccc1)C(=O)O. The van der Waals surface area contributed by atoms with Gasteiger partial charge in [0.05, 0.1) is 6.04 Å². The molecule has 4 unspecified atom stereocenters. The average Bonchev–Trinajstić information content (AvgIpc) is 2.96. The van der Waals surface area contributed by atoms with Gasteiger partial charge < -0.3 is 44.0 Å². The Morgan fingerprint density at radius 1 is 0.698 bits per heavy atom. The summed E-state index contributed by atoms with van der Waals surface area (Å²) in [6.45, 7) is 0.170. The van der Waals surface area contributed by atoms with Crippen LogP contribution in [-0.4, -0.2) is 71.4 Å². The molecule has 4 atom stereocenters. The molecule has 2 aromatic rings. The molecule has 0 fully saturated rings. The Morgan fingerprint density at radius 3 is 1.70 bits per heavy atom. The third-order valence-corrected chi connectivity index (χ3v) is 6.42. The fourth-order valence-corrected chi connectivity index (χ4v) is 4.16. The lowest BCUT2D eigenvalue weighted by molar-refractivity contribution is -0.142. The summed E-state index contributed by atoms with van der Waals surface area (Å²) in [5.41, 5.74) is 23.6. The number of carbonyl (C=O) groups excluding carboxylic acids is 4. The zero-order valence-corrected chi connectivity index (χ0v) is 23.8. The number of benzene rings is 2. The van der Waals surface area contributed by atoms with Crippen LogP contribution in [0.25, 0.3) is 0 Å². The molecule has 14 nitrogen and oxygen atoms in total. The van der Waals surface area contributed by atoms with E-state index in [9.17, 15) is 29.1 Å². The monoisotopic (exact) mass is 596 g/mol. The predicted octanol–water partition coefficient (Wildman–Crippen LogP) is -1.34. The number of nitrogens with zero attached hydrogens (tertiary/aromatic N) is 1. The molecule has 0 aliphatic rings. The van der Waals surface area contributed by atoms with Gasteiger partial charge in [-0.1, -0.05) is 60.7 Å². The highest BCUT2D eigenvalue weighted by Crippen LogP contribution is 2.08. The number of hydrogen-bond acceptors (Lipinski definition) is 7. The third-order valence-electron chi connectivity index (χ3n) is 6.42. The number of aliphatic carboxylic acids is 1. The van der Waals surface area contributed by atoms with Crippen LogP contribution >= 0.6 is 0 Å². The average molecular weight is 597 g/mol. The van der Waals surface area contributed by atoms with Gasteiger partial charge in [-0.25, -0.2) is 4.79 Å². The van der Waals surface area contributed by atoms with E-state index in [0.29, 0.717) is 12.0 Å². The summed E-state index contributed by atoms with van der Waals surface area (Å²) in [5, 5.41) is 17.3. The number of carboxylic acids is 1. The van der Waals surface area contributed by atoms with E-state index in [0.717, 1.165) is 5.56 Å². The van der Waals surface area contributed by atoms with E-state index in [1.54, 1.807) is 30.3 Å². The molecule has 14 heteroatoms. The Kier molecular flexibility index (Phi) is 14.1. The first kappa shape index (κ1) is 34.2. The molecule has 0 heterocycles. The number of hydrogen-bond donors (Lipinski definition) is 8. The summed E-state index contributed by atoms with van der Waals surface area (Å²) in [4.78, 5) is 66.8. The van der Waals surface area contributed by atoms with E-state index in [4.69, 9.17) is 22.9 Å². The van der Waals surface area contributed by atoms with Gasteiger partial charge in [0.1, 0.15) is 18.1 Å². The molecule has 43 heavy (non-hydrogen) atoms. The molecule has 0 spiro atoms. The lowest BCUT2D eigenvalue weighted by Gasteiger charge is -2.25. The number of carboxylic acid groups (broad SMARTS) is 1. The minimum absolute atomic E-state index is 0.0127. The van der Waals surface area contributed by atoms with Crippen LogP contribution in [0.2, 0.25) is 0 Å². The molecule has 0 saturated carbocycles. The second-order valence-corrected chi connectivity index (χ2v) is 9.96.